The van der Waals surface area contributed by atoms with Crippen LogP contribution in [-0.4, -0.2) is 36.6 Å². The van der Waals surface area contributed by atoms with Crippen LogP contribution in [0, 0.1) is 11.8 Å². The average Bonchev–Trinajstić information content (AvgIpc) is 2.69. The van der Waals surface area contributed by atoms with Crippen LogP contribution in [0.15, 0.2) is 0 Å². The van der Waals surface area contributed by atoms with Gasteiger partial charge in [0.05, 0.1) is 5.92 Å². The topological polar surface area (TPSA) is 29.5 Å². The molecule has 4 rings (SSSR count). The van der Waals surface area contributed by atoms with E-state index in [0.717, 1.165) is 19.4 Å². The summed E-state index contributed by atoms with van der Waals surface area (Å²) < 4.78 is 5.84. The number of carbonyl (C=O) groups excluding carboxylic acids is 1. The van der Waals surface area contributed by atoms with E-state index in [4.69, 9.17) is 4.74 Å². The van der Waals surface area contributed by atoms with Crippen molar-refractivity contribution in [2.75, 3.05) is 19.6 Å². The molecule has 0 aromatic carbocycles. The molecule has 0 aromatic heterocycles. The highest BCUT2D eigenvalue weighted by molar-refractivity contribution is 5.72. The third kappa shape index (κ3) is 2.71. The lowest BCUT2D eigenvalue weighted by molar-refractivity contribution is -0.164. The number of hydrogen-bond acceptors (Lipinski definition) is 3. The minimum Gasteiger partial charge on any atom is -0.460 e. The zero-order valence-corrected chi connectivity index (χ0v) is 11.3. The van der Waals surface area contributed by atoms with Gasteiger partial charge in [0.1, 0.15) is 6.10 Å². The Morgan fingerprint density at radius 2 is 1.61 bits per heavy atom. The van der Waals surface area contributed by atoms with E-state index in [9.17, 15) is 4.79 Å². The van der Waals surface area contributed by atoms with Gasteiger partial charge in [0, 0.05) is 6.54 Å². The molecule has 3 aliphatic heterocycles. The fraction of sp³-hybridized carbons (Fsp3) is 0.933. The minimum atomic E-state index is 0.107. The van der Waals surface area contributed by atoms with Crippen molar-refractivity contribution in [1.82, 2.24) is 4.90 Å². The van der Waals surface area contributed by atoms with Crippen molar-refractivity contribution >= 4 is 5.97 Å². The molecule has 1 atom stereocenters. The van der Waals surface area contributed by atoms with Crippen LogP contribution in [0.3, 0.4) is 0 Å². The summed E-state index contributed by atoms with van der Waals surface area (Å²) in [7, 11) is 0. The number of fused-ring (bicyclic) bond motifs is 3. The molecular weight excluding hydrogens is 226 g/mol. The van der Waals surface area contributed by atoms with Gasteiger partial charge in [-0.15, -0.1) is 0 Å². The van der Waals surface area contributed by atoms with Crippen molar-refractivity contribution < 1.29 is 9.53 Å². The molecule has 0 spiro atoms. The monoisotopic (exact) mass is 251 g/mol. The van der Waals surface area contributed by atoms with Crippen molar-refractivity contribution in [3.63, 3.8) is 0 Å². The summed E-state index contributed by atoms with van der Waals surface area (Å²) in [4.78, 5) is 14.7. The van der Waals surface area contributed by atoms with Gasteiger partial charge in [0.15, 0.2) is 0 Å². The summed E-state index contributed by atoms with van der Waals surface area (Å²) in [6.45, 7) is 3.41. The number of nitrogens with zero attached hydrogens (tertiary/aromatic N) is 1. The highest BCUT2D eigenvalue weighted by Crippen LogP contribution is 2.31. The van der Waals surface area contributed by atoms with Gasteiger partial charge in [-0.05, 0) is 44.7 Å². The molecule has 4 aliphatic rings. The number of carbonyl (C=O) groups is 1. The van der Waals surface area contributed by atoms with Crippen LogP contribution < -0.4 is 0 Å². The van der Waals surface area contributed by atoms with Gasteiger partial charge in [-0.2, -0.15) is 0 Å². The first-order valence-electron chi connectivity index (χ1n) is 7.76. The van der Waals surface area contributed by atoms with E-state index in [1.807, 2.05) is 0 Å². The predicted molar refractivity (Wildman–Crippen MR) is 70.2 cm³/mol. The summed E-state index contributed by atoms with van der Waals surface area (Å²) in [5.41, 5.74) is 0. The molecule has 0 aromatic rings. The number of hydrogen-bond donors (Lipinski definition) is 0. The van der Waals surface area contributed by atoms with Crippen molar-refractivity contribution in [3.8, 4) is 0 Å². The molecule has 4 fully saturated rings. The van der Waals surface area contributed by atoms with Gasteiger partial charge >= 0.3 is 5.97 Å². The first-order valence-corrected chi connectivity index (χ1v) is 7.76. The third-order valence-electron chi connectivity index (χ3n) is 5.05. The van der Waals surface area contributed by atoms with Crippen molar-refractivity contribution in [1.29, 1.82) is 0 Å². The number of piperidine rings is 3. The van der Waals surface area contributed by atoms with E-state index in [1.54, 1.807) is 0 Å². The Hall–Kier alpha value is -0.570. The van der Waals surface area contributed by atoms with E-state index in [2.05, 4.69) is 4.90 Å². The van der Waals surface area contributed by atoms with E-state index in [1.165, 1.54) is 51.6 Å². The summed E-state index contributed by atoms with van der Waals surface area (Å²) in [5.74, 6) is 0.948. The van der Waals surface area contributed by atoms with Crippen molar-refractivity contribution in [2.24, 2.45) is 11.8 Å². The second-order valence-electron chi connectivity index (χ2n) is 6.30. The molecule has 0 amide bonds. The summed E-state index contributed by atoms with van der Waals surface area (Å²) in [6, 6.07) is 0. The molecule has 3 saturated heterocycles. The fourth-order valence-electron chi connectivity index (χ4n) is 3.80. The van der Waals surface area contributed by atoms with Crippen LogP contribution in [-0.2, 0) is 9.53 Å². The highest BCUT2D eigenvalue weighted by Gasteiger charge is 2.37. The van der Waals surface area contributed by atoms with E-state index >= 15 is 0 Å². The van der Waals surface area contributed by atoms with E-state index in [0.29, 0.717) is 5.92 Å². The summed E-state index contributed by atoms with van der Waals surface area (Å²) >= 11 is 0. The minimum absolute atomic E-state index is 0.107. The maximum absolute atomic E-state index is 12.3. The molecule has 1 saturated carbocycles. The van der Waals surface area contributed by atoms with Crippen LogP contribution in [0.2, 0.25) is 0 Å². The van der Waals surface area contributed by atoms with E-state index in [-0.39, 0.29) is 18.0 Å². The molecular formula is C15H25NO2. The smallest absolute Gasteiger partial charge is 0.309 e. The molecule has 1 aliphatic carbocycles. The standard InChI is InChI=1S/C15H25NO2/c17-15(13-5-3-1-2-4-6-13)18-14-11-16-9-7-12(14)8-10-16/h12-14H,1-11H2/t14-/m1/s1. The maximum atomic E-state index is 12.3. The normalized spacial score (nSPS) is 37.2. The van der Waals surface area contributed by atoms with Gasteiger partial charge in [0.25, 0.3) is 0 Å². The quantitative estimate of drug-likeness (QED) is 0.558. The summed E-state index contributed by atoms with van der Waals surface area (Å²) in [5, 5.41) is 0. The SMILES string of the molecule is O=C(O[C@@H]1CN2CCC1CC2)C1CCCCCC1. The maximum Gasteiger partial charge on any atom is 0.309 e. The second kappa shape index (κ2) is 5.60. The van der Waals surface area contributed by atoms with Crippen molar-refractivity contribution in [2.45, 2.75) is 57.5 Å². The Labute approximate surface area is 110 Å². The Morgan fingerprint density at radius 3 is 2.17 bits per heavy atom. The highest BCUT2D eigenvalue weighted by atomic mass is 16.5. The van der Waals surface area contributed by atoms with Crippen LogP contribution >= 0.6 is 0 Å². The van der Waals surface area contributed by atoms with Gasteiger partial charge in [-0.25, -0.2) is 0 Å². The largest absolute Gasteiger partial charge is 0.460 e. The molecule has 3 nitrogen and oxygen atoms in total. The zero-order valence-electron chi connectivity index (χ0n) is 11.3. The van der Waals surface area contributed by atoms with Gasteiger partial charge in [-0.1, -0.05) is 25.7 Å². The van der Waals surface area contributed by atoms with Crippen LogP contribution in [0.1, 0.15) is 51.4 Å². The zero-order chi connectivity index (χ0) is 12.4. The lowest BCUT2D eigenvalue weighted by atomic mass is 9.85. The predicted octanol–water partition coefficient (Wildman–Crippen LogP) is 2.59. The van der Waals surface area contributed by atoms with Gasteiger partial charge < -0.3 is 4.74 Å². The molecule has 0 radical (unpaired) electrons. The van der Waals surface area contributed by atoms with Crippen molar-refractivity contribution in [3.05, 3.63) is 0 Å². The molecule has 102 valence electrons. The average molecular weight is 251 g/mol. The van der Waals surface area contributed by atoms with Crippen LogP contribution in [0.5, 0.6) is 0 Å². The Bertz CT molecular complexity index is 289. The molecule has 2 bridgehead atoms. The molecule has 0 unspecified atom stereocenters. The second-order valence-corrected chi connectivity index (χ2v) is 6.30. The van der Waals surface area contributed by atoms with Gasteiger partial charge in [0.2, 0.25) is 0 Å². The Kier molecular flexibility index (Phi) is 3.88. The molecule has 18 heavy (non-hydrogen) atoms. The Balaban J connectivity index is 1.53. The number of esters is 1. The summed E-state index contributed by atoms with van der Waals surface area (Å²) in [6.07, 6.45) is 9.77. The molecule has 3 heteroatoms. The Morgan fingerprint density at radius 1 is 0.944 bits per heavy atom. The molecule has 0 N–H and O–H groups in total. The molecule has 3 heterocycles. The lowest BCUT2D eigenvalue weighted by Crippen LogP contribution is -2.52. The number of rotatable bonds is 2. The fourth-order valence-corrected chi connectivity index (χ4v) is 3.80. The first kappa shape index (κ1) is 12.5. The van der Waals surface area contributed by atoms with Crippen LogP contribution in [0.25, 0.3) is 0 Å². The lowest BCUT2D eigenvalue weighted by Gasteiger charge is -2.44. The van der Waals surface area contributed by atoms with Crippen LogP contribution in [0.4, 0.5) is 0 Å². The first-order chi connectivity index (χ1) is 8.83. The third-order valence-corrected chi connectivity index (χ3v) is 5.05. The van der Waals surface area contributed by atoms with E-state index < -0.39 is 0 Å². The van der Waals surface area contributed by atoms with Gasteiger partial charge in [-0.3, -0.25) is 9.69 Å². The number of ether oxygens (including phenoxy) is 1.